The average Bonchev–Trinajstić information content (AvgIpc) is 2.40. The minimum Gasteiger partial charge on any atom is -0.457 e. The fourth-order valence-corrected chi connectivity index (χ4v) is 4.84. The Labute approximate surface area is 150 Å². The first-order chi connectivity index (χ1) is 10.7. The van der Waals surface area contributed by atoms with E-state index in [0.717, 1.165) is 10.0 Å². The molecule has 0 aliphatic rings. The summed E-state index contributed by atoms with van der Waals surface area (Å²) in [6.45, 7) is 6.38. The molecule has 0 saturated heterocycles. The van der Waals surface area contributed by atoms with E-state index in [-0.39, 0.29) is 10.6 Å². The molecule has 0 saturated carbocycles. The largest absolute Gasteiger partial charge is 0.457 e. The van der Waals surface area contributed by atoms with E-state index in [1.165, 1.54) is 12.1 Å². The number of hydrogen-bond donors (Lipinski definition) is 0. The topological polar surface area (TPSA) is 33.0 Å². The second-order valence-corrected chi connectivity index (χ2v) is 12.9. The average molecular weight is 413 g/mol. The van der Waals surface area contributed by atoms with Crippen molar-refractivity contribution in [1.29, 1.82) is 5.26 Å². The molecule has 2 aromatic carbocycles. The van der Waals surface area contributed by atoms with E-state index in [4.69, 9.17) is 16.3 Å². The lowest BCUT2D eigenvalue weighted by Crippen LogP contribution is -2.30. The van der Waals surface area contributed by atoms with Gasteiger partial charge in [-0.15, -0.1) is 0 Å². The molecule has 0 aliphatic carbocycles. The van der Waals surface area contributed by atoms with Crippen LogP contribution in [-0.4, -0.2) is 8.07 Å². The molecular formula is C17H16BrClFNOSi. The summed E-state index contributed by atoms with van der Waals surface area (Å²) in [6.07, 6.45) is 0. The molecule has 0 N–H and O–H groups in total. The quantitative estimate of drug-likeness (QED) is 0.536. The predicted molar refractivity (Wildman–Crippen MR) is 97.3 cm³/mol. The number of halogens is 3. The first kappa shape index (κ1) is 18.0. The summed E-state index contributed by atoms with van der Waals surface area (Å²) in [4.78, 5) is 0. The van der Waals surface area contributed by atoms with E-state index in [2.05, 4.69) is 41.6 Å². The van der Waals surface area contributed by atoms with Crippen LogP contribution in [0.2, 0.25) is 24.7 Å². The lowest BCUT2D eigenvalue weighted by atomic mass is 10.1. The lowest BCUT2D eigenvalue weighted by molar-refractivity contribution is 0.471. The van der Waals surface area contributed by atoms with Crippen LogP contribution in [0.5, 0.6) is 11.5 Å². The molecule has 6 heteroatoms. The van der Waals surface area contributed by atoms with Crippen molar-refractivity contribution in [2.45, 2.75) is 25.2 Å². The summed E-state index contributed by atoms with van der Waals surface area (Å²) in [5.74, 6) is 0.378. The Bertz CT molecular complexity index is 750. The van der Waals surface area contributed by atoms with Gasteiger partial charge in [-0.1, -0.05) is 53.2 Å². The zero-order valence-electron chi connectivity index (χ0n) is 13.0. The first-order valence-electron chi connectivity index (χ1n) is 7.04. The van der Waals surface area contributed by atoms with Crippen molar-refractivity contribution in [1.82, 2.24) is 0 Å². The van der Waals surface area contributed by atoms with Gasteiger partial charge in [0, 0.05) is 21.1 Å². The summed E-state index contributed by atoms with van der Waals surface area (Å²) < 4.78 is 20.2. The maximum atomic E-state index is 13.5. The Kier molecular flexibility index (Phi) is 5.51. The number of rotatable bonds is 4. The van der Waals surface area contributed by atoms with E-state index in [0.29, 0.717) is 11.5 Å². The van der Waals surface area contributed by atoms with Crippen molar-refractivity contribution in [3.8, 4) is 17.6 Å². The van der Waals surface area contributed by atoms with Crippen molar-refractivity contribution < 1.29 is 9.13 Å². The Morgan fingerprint density at radius 2 is 1.96 bits per heavy atom. The van der Waals surface area contributed by atoms with Crippen LogP contribution in [0, 0.1) is 17.1 Å². The third-order valence-electron chi connectivity index (χ3n) is 3.36. The molecule has 120 valence electrons. The Hall–Kier alpha value is -1.35. The minimum absolute atomic E-state index is 0.253. The van der Waals surface area contributed by atoms with Gasteiger partial charge in [-0.05, 0) is 24.3 Å². The summed E-state index contributed by atoms with van der Waals surface area (Å²) in [7, 11) is -1.80. The molecule has 2 aromatic rings. The highest BCUT2D eigenvalue weighted by Gasteiger charge is 2.32. The van der Waals surface area contributed by atoms with Crippen LogP contribution in [0.4, 0.5) is 4.39 Å². The Balaban J connectivity index is 2.52. The Morgan fingerprint density at radius 1 is 1.26 bits per heavy atom. The molecular weight excluding hydrogens is 397 g/mol. The smallest absolute Gasteiger partial charge is 0.132 e. The van der Waals surface area contributed by atoms with Crippen molar-refractivity contribution in [2.75, 3.05) is 0 Å². The van der Waals surface area contributed by atoms with Crippen LogP contribution in [0.3, 0.4) is 0 Å². The highest BCUT2D eigenvalue weighted by molar-refractivity contribution is 9.10. The predicted octanol–water partition coefficient (Wildman–Crippen LogP) is 6.52. The summed E-state index contributed by atoms with van der Waals surface area (Å²) in [5.41, 5.74) is 0.548. The monoisotopic (exact) mass is 411 g/mol. The molecule has 0 heterocycles. The number of hydrogen-bond acceptors (Lipinski definition) is 2. The van der Waals surface area contributed by atoms with Gasteiger partial charge in [0.15, 0.2) is 0 Å². The molecule has 0 bridgehead atoms. The number of benzene rings is 2. The number of nitriles is 1. The molecule has 2 rings (SSSR count). The molecule has 0 aromatic heterocycles. The van der Waals surface area contributed by atoms with Crippen LogP contribution >= 0.6 is 27.5 Å². The molecule has 23 heavy (non-hydrogen) atoms. The fourth-order valence-electron chi connectivity index (χ4n) is 2.29. The molecule has 0 spiro atoms. The maximum absolute atomic E-state index is 13.5. The van der Waals surface area contributed by atoms with Gasteiger partial charge in [0.1, 0.15) is 17.3 Å². The van der Waals surface area contributed by atoms with E-state index < -0.39 is 13.9 Å². The Morgan fingerprint density at radius 3 is 2.52 bits per heavy atom. The van der Waals surface area contributed by atoms with E-state index in [1.807, 2.05) is 12.1 Å². The van der Waals surface area contributed by atoms with Crippen LogP contribution in [-0.2, 0) is 0 Å². The highest BCUT2D eigenvalue weighted by atomic mass is 79.9. The first-order valence-corrected chi connectivity index (χ1v) is 11.8. The van der Waals surface area contributed by atoms with Crippen molar-refractivity contribution >= 4 is 35.6 Å². The van der Waals surface area contributed by atoms with Crippen LogP contribution in [0.25, 0.3) is 0 Å². The minimum atomic E-state index is -1.80. The fraction of sp³-hybridized carbons (Fsp3) is 0.235. The molecule has 0 aliphatic heterocycles. The molecule has 1 unspecified atom stereocenters. The van der Waals surface area contributed by atoms with Gasteiger partial charge in [-0.2, -0.15) is 5.26 Å². The standard InChI is InChI=1S/C17H16BrClFNOSi/c1-23(2,3)16(10-21)17-14(18)5-4-6-15(17)22-13-8-11(19)7-12(20)9-13/h4-9,16H,1-3H3. The molecule has 1 atom stereocenters. The maximum Gasteiger partial charge on any atom is 0.132 e. The summed E-state index contributed by atoms with van der Waals surface area (Å²) in [5, 5.41) is 9.91. The number of nitrogens with zero attached hydrogens (tertiary/aromatic N) is 1. The molecule has 2 nitrogen and oxygen atoms in total. The zero-order valence-corrected chi connectivity index (χ0v) is 16.4. The van der Waals surface area contributed by atoms with Gasteiger partial charge in [0.25, 0.3) is 0 Å². The van der Waals surface area contributed by atoms with Crippen LogP contribution in [0.1, 0.15) is 11.1 Å². The van der Waals surface area contributed by atoms with E-state index >= 15 is 0 Å². The van der Waals surface area contributed by atoms with Crippen molar-refractivity contribution in [3.63, 3.8) is 0 Å². The zero-order chi connectivity index (χ0) is 17.2. The van der Waals surface area contributed by atoms with E-state index in [1.54, 1.807) is 12.1 Å². The van der Waals surface area contributed by atoms with Gasteiger partial charge in [0.05, 0.1) is 19.7 Å². The van der Waals surface area contributed by atoms with Gasteiger partial charge >= 0.3 is 0 Å². The van der Waals surface area contributed by atoms with Crippen molar-refractivity contribution in [2.24, 2.45) is 0 Å². The van der Waals surface area contributed by atoms with Crippen molar-refractivity contribution in [3.05, 3.63) is 57.3 Å². The lowest BCUT2D eigenvalue weighted by Gasteiger charge is -2.26. The van der Waals surface area contributed by atoms with Gasteiger partial charge in [0.2, 0.25) is 0 Å². The summed E-state index contributed by atoms with van der Waals surface area (Å²) >= 11 is 9.39. The van der Waals surface area contributed by atoms with Gasteiger partial charge < -0.3 is 4.74 Å². The third kappa shape index (κ3) is 4.35. The van der Waals surface area contributed by atoms with Crippen LogP contribution in [0.15, 0.2) is 40.9 Å². The molecule has 0 fully saturated rings. The summed E-state index contributed by atoms with van der Waals surface area (Å²) in [6, 6.07) is 11.9. The SMILES string of the molecule is C[Si](C)(C)C(C#N)c1c(Br)cccc1Oc1cc(F)cc(Cl)c1. The van der Waals surface area contributed by atoms with E-state index in [9.17, 15) is 9.65 Å². The van der Waals surface area contributed by atoms with Gasteiger partial charge in [-0.3, -0.25) is 0 Å². The third-order valence-corrected chi connectivity index (χ3v) is 6.42. The van der Waals surface area contributed by atoms with Gasteiger partial charge in [-0.25, -0.2) is 4.39 Å². The molecule has 0 radical (unpaired) electrons. The van der Waals surface area contributed by atoms with Crippen LogP contribution < -0.4 is 4.74 Å². The highest BCUT2D eigenvalue weighted by Crippen LogP contribution is 2.40. The second kappa shape index (κ2) is 7.04. The number of ether oxygens (including phenoxy) is 1. The second-order valence-electron chi connectivity index (χ2n) is 6.29. The normalized spacial score (nSPS) is 12.6. The molecule has 0 amide bonds.